The van der Waals surface area contributed by atoms with Crippen molar-refractivity contribution in [2.45, 2.75) is 6.04 Å². The van der Waals surface area contributed by atoms with Gasteiger partial charge in [-0.15, -0.1) is 0 Å². The lowest BCUT2D eigenvalue weighted by Gasteiger charge is -2.22. The number of imidazole rings is 1. The molecule has 0 bridgehead atoms. The van der Waals surface area contributed by atoms with E-state index in [1.54, 1.807) is 37.2 Å². The number of nitrogens with one attached hydrogen (secondary N) is 2. The number of benzene rings is 1. The van der Waals surface area contributed by atoms with E-state index in [-0.39, 0.29) is 11.7 Å². The van der Waals surface area contributed by atoms with Gasteiger partial charge in [-0.25, -0.2) is 9.59 Å². The molecule has 1 aromatic carbocycles. The van der Waals surface area contributed by atoms with Crippen molar-refractivity contribution in [1.29, 1.82) is 0 Å². The predicted octanol–water partition coefficient (Wildman–Crippen LogP) is 0.632. The van der Waals surface area contributed by atoms with Gasteiger partial charge in [-0.05, 0) is 31.8 Å². The fourth-order valence-corrected chi connectivity index (χ4v) is 1.98. The van der Waals surface area contributed by atoms with Gasteiger partial charge in [-0.2, -0.15) is 0 Å². The fourth-order valence-electron chi connectivity index (χ4n) is 1.98. The molecule has 0 aliphatic heterocycles. The molecule has 2 rings (SSSR count). The molecule has 1 aromatic heterocycles. The zero-order valence-corrected chi connectivity index (χ0v) is 10.5. The maximum atomic E-state index is 11.8. The largest absolute Gasteiger partial charge is 0.468 e. The highest BCUT2D eigenvalue weighted by Gasteiger charge is 2.23. The minimum Gasteiger partial charge on any atom is -0.468 e. The smallest absolute Gasteiger partial charge is 0.327 e. The number of fused-ring (bicyclic) bond motifs is 1. The molecule has 6 heteroatoms. The molecular weight excluding hydrogens is 234 g/mol. The normalized spacial score (nSPS) is 12.9. The summed E-state index contributed by atoms with van der Waals surface area (Å²) in [5.41, 5.74) is 1.90. The van der Waals surface area contributed by atoms with Crippen LogP contribution in [0, 0.1) is 0 Å². The van der Waals surface area contributed by atoms with Crippen molar-refractivity contribution in [3.63, 3.8) is 0 Å². The zero-order valence-electron chi connectivity index (χ0n) is 10.5. The SMILES string of the molecule is COC(=O)C(c1ccc2[nH]c(=O)[nH]c2c1)N(C)C. The lowest BCUT2D eigenvalue weighted by atomic mass is 10.1. The second-order valence-corrected chi connectivity index (χ2v) is 4.27. The van der Waals surface area contributed by atoms with E-state index in [0.717, 1.165) is 5.56 Å². The van der Waals surface area contributed by atoms with E-state index in [4.69, 9.17) is 4.74 Å². The number of likely N-dealkylation sites (N-methyl/N-ethyl adjacent to an activating group) is 1. The lowest BCUT2D eigenvalue weighted by Crippen LogP contribution is -2.28. The Morgan fingerprint density at radius 3 is 2.56 bits per heavy atom. The predicted molar refractivity (Wildman–Crippen MR) is 67.4 cm³/mol. The van der Waals surface area contributed by atoms with Crippen LogP contribution >= 0.6 is 0 Å². The van der Waals surface area contributed by atoms with E-state index in [1.807, 2.05) is 0 Å². The Bertz CT molecular complexity index is 627. The number of esters is 1. The Kier molecular flexibility index (Phi) is 3.20. The van der Waals surface area contributed by atoms with Crippen LogP contribution in [0.4, 0.5) is 0 Å². The first-order valence-electron chi connectivity index (χ1n) is 5.49. The van der Waals surface area contributed by atoms with Crippen LogP contribution in [0.25, 0.3) is 11.0 Å². The van der Waals surface area contributed by atoms with Crippen LogP contribution in [0.5, 0.6) is 0 Å². The molecule has 2 aromatic rings. The molecule has 1 atom stereocenters. The van der Waals surface area contributed by atoms with Gasteiger partial charge < -0.3 is 14.7 Å². The molecule has 0 aliphatic rings. The van der Waals surface area contributed by atoms with Crippen LogP contribution in [0.15, 0.2) is 23.0 Å². The molecule has 18 heavy (non-hydrogen) atoms. The highest BCUT2D eigenvalue weighted by molar-refractivity contribution is 5.81. The quantitative estimate of drug-likeness (QED) is 0.782. The molecule has 0 saturated heterocycles. The number of carbonyl (C=O) groups is 1. The topological polar surface area (TPSA) is 78.2 Å². The average molecular weight is 249 g/mol. The maximum Gasteiger partial charge on any atom is 0.327 e. The van der Waals surface area contributed by atoms with E-state index < -0.39 is 6.04 Å². The number of nitrogens with zero attached hydrogens (tertiary/aromatic N) is 1. The van der Waals surface area contributed by atoms with Crippen LogP contribution < -0.4 is 5.69 Å². The summed E-state index contributed by atoms with van der Waals surface area (Å²) in [6.07, 6.45) is 0. The zero-order chi connectivity index (χ0) is 13.3. The number of aromatic nitrogens is 2. The number of methoxy groups -OCH3 is 1. The van der Waals surface area contributed by atoms with Crippen molar-refractivity contribution in [3.05, 3.63) is 34.2 Å². The number of H-pyrrole nitrogens is 2. The van der Waals surface area contributed by atoms with E-state index >= 15 is 0 Å². The molecule has 0 fully saturated rings. The monoisotopic (exact) mass is 249 g/mol. The van der Waals surface area contributed by atoms with E-state index in [2.05, 4.69) is 9.97 Å². The Morgan fingerprint density at radius 2 is 1.94 bits per heavy atom. The first kappa shape index (κ1) is 12.4. The van der Waals surface area contributed by atoms with Gasteiger partial charge in [0, 0.05) is 0 Å². The van der Waals surface area contributed by atoms with Crippen LogP contribution in [-0.4, -0.2) is 42.0 Å². The van der Waals surface area contributed by atoms with E-state index in [0.29, 0.717) is 11.0 Å². The maximum absolute atomic E-state index is 11.8. The van der Waals surface area contributed by atoms with Gasteiger partial charge in [0.2, 0.25) is 0 Å². The fraction of sp³-hybridized carbons (Fsp3) is 0.333. The number of ether oxygens (including phenoxy) is 1. The van der Waals surface area contributed by atoms with Crippen molar-refractivity contribution in [2.75, 3.05) is 21.2 Å². The summed E-state index contributed by atoms with van der Waals surface area (Å²) in [6.45, 7) is 0. The molecule has 1 unspecified atom stereocenters. The van der Waals surface area contributed by atoms with Crippen LogP contribution in [-0.2, 0) is 9.53 Å². The first-order valence-corrected chi connectivity index (χ1v) is 5.49. The van der Waals surface area contributed by atoms with E-state index in [1.165, 1.54) is 7.11 Å². The van der Waals surface area contributed by atoms with Crippen molar-refractivity contribution < 1.29 is 9.53 Å². The van der Waals surface area contributed by atoms with Crippen LogP contribution in [0.3, 0.4) is 0 Å². The van der Waals surface area contributed by atoms with Crippen LogP contribution in [0.1, 0.15) is 11.6 Å². The summed E-state index contributed by atoms with van der Waals surface area (Å²) in [4.78, 5) is 30.0. The summed E-state index contributed by atoms with van der Waals surface area (Å²) in [7, 11) is 4.95. The number of rotatable bonds is 3. The summed E-state index contributed by atoms with van der Waals surface area (Å²) in [6, 6.07) is 4.85. The Balaban J connectivity index is 2.50. The summed E-state index contributed by atoms with van der Waals surface area (Å²) in [5.74, 6) is -0.336. The minimum atomic E-state index is -0.488. The average Bonchev–Trinajstić information content (AvgIpc) is 2.68. The summed E-state index contributed by atoms with van der Waals surface area (Å²) in [5, 5.41) is 0. The van der Waals surface area contributed by atoms with Crippen molar-refractivity contribution in [1.82, 2.24) is 14.9 Å². The van der Waals surface area contributed by atoms with Gasteiger partial charge in [0.25, 0.3) is 0 Å². The highest BCUT2D eigenvalue weighted by atomic mass is 16.5. The standard InChI is InChI=1S/C12H15N3O3/c1-15(2)10(11(16)18-3)7-4-5-8-9(6-7)14-12(17)13-8/h4-6,10H,1-3H3,(H2,13,14,17). The first-order chi connectivity index (χ1) is 8.52. The van der Waals surface area contributed by atoms with Gasteiger partial charge in [-0.1, -0.05) is 6.07 Å². The number of hydrogen-bond acceptors (Lipinski definition) is 4. The molecule has 0 spiro atoms. The molecule has 6 nitrogen and oxygen atoms in total. The van der Waals surface area contributed by atoms with Crippen molar-refractivity contribution >= 4 is 17.0 Å². The molecule has 0 aliphatic carbocycles. The van der Waals surface area contributed by atoms with Gasteiger partial charge >= 0.3 is 11.7 Å². The van der Waals surface area contributed by atoms with Gasteiger partial charge in [0.15, 0.2) is 0 Å². The Morgan fingerprint density at radius 1 is 1.28 bits per heavy atom. The Hall–Kier alpha value is -2.08. The summed E-state index contributed by atoms with van der Waals surface area (Å²) < 4.78 is 4.78. The summed E-state index contributed by atoms with van der Waals surface area (Å²) >= 11 is 0. The molecule has 0 amide bonds. The number of aromatic amines is 2. The van der Waals surface area contributed by atoms with Gasteiger partial charge in [0.05, 0.1) is 18.1 Å². The van der Waals surface area contributed by atoms with Crippen LogP contribution in [0.2, 0.25) is 0 Å². The molecule has 1 heterocycles. The molecule has 0 radical (unpaired) electrons. The molecule has 0 saturated carbocycles. The minimum absolute atomic E-state index is 0.262. The Labute approximate surface area is 104 Å². The van der Waals surface area contributed by atoms with Gasteiger partial charge in [-0.3, -0.25) is 4.90 Å². The van der Waals surface area contributed by atoms with Gasteiger partial charge in [0.1, 0.15) is 6.04 Å². The van der Waals surface area contributed by atoms with Crippen molar-refractivity contribution in [2.24, 2.45) is 0 Å². The highest BCUT2D eigenvalue weighted by Crippen LogP contribution is 2.22. The number of carbonyl (C=O) groups excluding carboxylic acids is 1. The van der Waals surface area contributed by atoms with E-state index in [9.17, 15) is 9.59 Å². The molecule has 96 valence electrons. The second-order valence-electron chi connectivity index (χ2n) is 4.27. The third-order valence-electron chi connectivity index (χ3n) is 2.80. The molecular formula is C12H15N3O3. The molecule has 2 N–H and O–H groups in total. The third-order valence-corrected chi connectivity index (χ3v) is 2.80. The lowest BCUT2D eigenvalue weighted by molar-refractivity contribution is -0.146. The number of hydrogen-bond donors (Lipinski definition) is 2. The second kappa shape index (κ2) is 4.66. The third kappa shape index (κ3) is 2.14. The van der Waals surface area contributed by atoms with Crippen molar-refractivity contribution in [3.8, 4) is 0 Å².